The number of carbonyl (C=O) groups is 1. The Morgan fingerprint density at radius 1 is 1.06 bits per heavy atom. The van der Waals surface area contributed by atoms with E-state index in [1.165, 1.54) is 32.4 Å². The minimum atomic E-state index is -3.79. The zero-order chi connectivity index (χ0) is 23.7. The molecule has 1 saturated heterocycles. The summed E-state index contributed by atoms with van der Waals surface area (Å²) in [5.41, 5.74) is 1.12. The summed E-state index contributed by atoms with van der Waals surface area (Å²) in [6.07, 6.45) is 0.0249. The van der Waals surface area contributed by atoms with Gasteiger partial charge >= 0.3 is 0 Å². The maximum Gasteiger partial charge on any atom is 0.240 e. The fraction of sp³-hybridized carbons (Fsp3) is 0.435. The molecule has 33 heavy (non-hydrogen) atoms. The Bertz CT molecular complexity index is 1010. The lowest BCUT2D eigenvalue weighted by molar-refractivity contribution is -0.121. The monoisotopic (exact) mass is 477 g/mol. The molecular formula is C23H31N3O6S. The molecule has 0 aliphatic carbocycles. The lowest BCUT2D eigenvalue weighted by atomic mass is 10.0. The van der Waals surface area contributed by atoms with E-state index >= 15 is 0 Å². The van der Waals surface area contributed by atoms with Crippen molar-refractivity contribution in [3.8, 4) is 11.5 Å². The number of methoxy groups -OCH3 is 2. The van der Waals surface area contributed by atoms with E-state index in [-0.39, 0.29) is 29.8 Å². The molecule has 1 atom stereocenters. The third-order valence-corrected chi connectivity index (χ3v) is 6.93. The van der Waals surface area contributed by atoms with Gasteiger partial charge in [-0.3, -0.25) is 9.69 Å². The van der Waals surface area contributed by atoms with Crippen molar-refractivity contribution in [3.05, 3.63) is 54.1 Å². The molecule has 10 heteroatoms. The highest BCUT2D eigenvalue weighted by atomic mass is 32.2. The molecule has 9 nitrogen and oxygen atoms in total. The summed E-state index contributed by atoms with van der Waals surface area (Å²) >= 11 is 0. The average molecular weight is 478 g/mol. The molecule has 1 amide bonds. The van der Waals surface area contributed by atoms with E-state index in [1.807, 2.05) is 30.3 Å². The van der Waals surface area contributed by atoms with Crippen LogP contribution in [0.1, 0.15) is 18.0 Å². The maximum absolute atomic E-state index is 12.6. The van der Waals surface area contributed by atoms with Crippen molar-refractivity contribution in [3.63, 3.8) is 0 Å². The Labute approximate surface area is 195 Å². The van der Waals surface area contributed by atoms with Crippen molar-refractivity contribution in [2.24, 2.45) is 0 Å². The lowest BCUT2D eigenvalue weighted by Gasteiger charge is -2.35. The molecule has 0 bridgehead atoms. The first-order valence-electron chi connectivity index (χ1n) is 10.8. The summed E-state index contributed by atoms with van der Waals surface area (Å²) in [5, 5.41) is 2.95. The highest BCUT2D eigenvalue weighted by Gasteiger charge is 2.23. The summed E-state index contributed by atoms with van der Waals surface area (Å²) in [6.45, 7) is 3.33. The lowest BCUT2D eigenvalue weighted by Crippen LogP contribution is -2.44. The first-order chi connectivity index (χ1) is 15.9. The number of amides is 1. The van der Waals surface area contributed by atoms with Gasteiger partial charge in [0.1, 0.15) is 0 Å². The fourth-order valence-corrected chi connectivity index (χ4v) is 4.73. The smallest absolute Gasteiger partial charge is 0.240 e. The van der Waals surface area contributed by atoms with Crippen LogP contribution in [0.25, 0.3) is 0 Å². The molecule has 1 unspecified atom stereocenters. The number of sulfonamides is 1. The van der Waals surface area contributed by atoms with Crippen LogP contribution in [0.4, 0.5) is 0 Å². The van der Waals surface area contributed by atoms with Gasteiger partial charge in [0.15, 0.2) is 11.5 Å². The molecule has 0 aromatic heterocycles. The second kappa shape index (κ2) is 12.0. The number of morpholine rings is 1. The largest absolute Gasteiger partial charge is 0.493 e. The summed E-state index contributed by atoms with van der Waals surface area (Å²) in [5.74, 6) is 0.524. The van der Waals surface area contributed by atoms with Crippen molar-refractivity contribution < 1.29 is 27.4 Å². The molecule has 3 rings (SSSR count). The molecule has 2 aromatic carbocycles. The van der Waals surface area contributed by atoms with Gasteiger partial charge in [-0.05, 0) is 17.7 Å². The zero-order valence-electron chi connectivity index (χ0n) is 19.0. The number of hydrogen-bond donors (Lipinski definition) is 2. The van der Waals surface area contributed by atoms with Crippen LogP contribution in [0.15, 0.2) is 53.4 Å². The zero-order valence-corrected chi connectivity index (χ0v) is 19.8. The van der Waals surface area contributed by atoms with E-state index in [0.29, 0.717) is 31.3 Å². The molecule has 180 valence electrons. The number of ether oxygens (including phenoxy) is 3. The summed E-state index contributed by atoms with van der Waals surface area (Å²) in [6, 6.07) is 14.4. The first kappa shape index (κ1) is 25.0. The van der Waals surface area contributed by atoms with Crippen LogP contribution in [0.3, 0.4) is 0 Å². The van der Waals surface area contributed by atoms with Gasteiger partial charge in [0.2, 0.25) is 15.9 Å². The number of rotatable bonds is 11. The first-order valence-corrected chi connectivity index (χ1v) is 12.3. The van der Waals surface area contributed by atoms with E-state index in [9.17, 15) is 13.2 Å². The van der Waals surface area contributed by atoms with Crippen LogP contribution in [-0.4, -0.2) is 72.8 Å². The predicted octanol–water partition coefficient (Wildman–Crippen LogP) is 1.56. The van der Waals surface area contributed by atoms with E-state index in [1.54, 1.807) is 0 Å². The summed E-state index contributed by atoms with van der Waals surface area (Å²) in [7, 11) is -0.880. The average Bonchev–Trinajstić information content (AvgIpc) is 2.85. The maximum atomic E-state index is 12.6. The highest BCUT2D eigenvalue weighted by Crippen LogP contribution is 2.29. The number of benzene rings is 2. The van der Waals surface area contributed by atoms with Gasteiger partial charge in [-0.2, -0.15) is 0 Å². The third-order valence-electron chi connectivity index (χ3n) is 5.47. The summed E-state index contributed by atoms with van der Waals surface area (Å²) < 4.78 is 43.4. The fourth-order valence-electron chi connectivity index (χ4n) is 3.69. The molecule has 2 aromatic rings. The van der Waals surface area contributed by atoms with Crippen molar-refractivity contribution >= 4 is 15.9 Å². The van der Waals surface area contributed by atoms with Crippen LogP contribution in [0.5, 0.6) is 11.5 Å². The molecule has 1 aliphatic rings. The molecule has 0 radical (unpaired) electrons. The van der Waals surface area contributed by atoms with Gasteiger partial charge in [0, 0.05) is 38.7 Å². The van der Waals surface area contributed by atoms with Gasteiger partial charge in [0.05, 0.1) is 38.4 Å². The van der Waals surface area contributed by atoms with E-state index in [0.717, 1.165) is 18.7 Å². The Morgan fingerprint density at radius 3 is 2.42 bits per heavy atom. The standard InChI is InChI=1S/C23H31N3O6S/c1-30-21-9-8-19(16-22(21)31-2)33(28,29)25-11-10-23(27)24-17-20(18-6-4-3-5-7-18)26-12-14-32-15-13-26/h3-9,16,20,25H,10-15,17H2,1-2H3,(H,24,27). The van der Waals surface area contributed by atoms with Gasteiger partial charge < -0.3 is 19.5 Å². The number of nitrogens with one attached hydrogen (secondary N) is 2. The van der Waals surface area contributed by atoms with Crippen LogP contribution in [0.2, 0.25) is 0 Å². The Morgan fingerprint density at radius 2 is 1.76 bits per heavy atom. The SMILES string of the molecule is COc1ccc(S(=O)(=O)NCCC(=O)NCC(c2ccccc2)N2CCOCC2)cc1OC. The molecular weight excluding hydrogens is 446 g/mol. The minimum Gasteiger partial charge on any atom is -0.493 e. The highest BCUT2D eigenvalue weighted by molar-refractivity contribution is 7.89. The second-order valence-corrected chi connectivity index (χ2v) is 9.31. The third kappa shape index (κ3) is 6.91. The molecule has 0 saturated carbocycles. The van der Waals surface area contributed by atoms with Crippen molar-refractivity contribution in [1.82, 2.24) is 14.9 Å². The van der Waals surface area contributed by atoms with Gasteiger partial charge in [-0.15, -0.1) is 0 Å². The Kier molecular flexibility index (Phi) is 9.07. The quantitative estimate of drug-likeness (QED) is 0.506. The topological polar surface area (TPSA) is 106 Å². The van der Waals surface area contributed by atoms with E-state index in [2.05, 4.69) is 14.9 Å². The predicted molar refractivity (Wildman–Crippen MR) is 124 cm³/mol. The molecule has 1 heterocycles. The van der Waals surface area contributed by atoms with Crippen molar-refractivity contribution in [2.45, 2.75) is 17.4 Å². The number of carbonyl (C=O) groups excluding carboxylic acids is 1. The molecule has 0 spiro atoms. The van der Waals surface area contributed by atoms with Gasteiger partial charge in [-0.25, -0.2) is 13.1 Å². The molecule has 1 aliphatic heterocycles. The van der Waals surface area contributed by atoms with Gasteiger partial charge in [0.25, 0.3) is 0 Å². The number of nitrogens with zero attached hydrogens (tertiary/aromatic N) is 1. The minimum absolute atomic E-state index is 0.0178. The van der Waals surface area contributed by atoms with Crippen molar-refractivity contribution in [2.75, 3.05) is 53.6 Å². The number of hydrogen-bond acceptors (Lipinski definition) is 7. The van der Waals surface area contributed by atoms with Crippen LogP contribution in [-0.2, 0) is 19.6 Å². The van der Waals surface area contributed by atoms with Gasteiger partial charge in [-0.1, -0.05) is 30.3 Å². The van der Waals surface area contributed by atoms with Crippen molar-refractivity contribution in [1.29, 1.82) is 0 Å². The van der Waals surface area contributed by atoms with Crippen LogP contribution in [0, 0.1) is 0 Å². The summed E-state index contributed by atoms with van der Waals surface area (Å²) in [4.78, 5) is 14.8. The van der Waals surface area contributed by atoms with E-state index < -0.39 is 10.0 Å². The Hall–Kier alpha value is -2.66. The van der Waals surface area contributed by atoms with E-state index in [4.69, 9.17) is 14.2 Å². The van der Waals surface area contributed by atoms with Crippen LogP contribution >= 0.6 is 0 Å². The molecule has 1 fully saturated rings. The molecule has 2 N–H and O–H groups in total. The second-order valence-electron chi connectivity index (χ2n) is 7.54. The van der Waals surface area contributed by atoms with Crippen LogP contribution < -0.4 is 19.5 Å². The normalized spacial score (nSPS) is 15.6. The Balaban J connectivity index is 1.53.